The van der Waals surface area contributed by atoms with Crippen molar-refractivity contribution in [1.82, 2.24) is 15.3 Å². The molecule has 28 heavy (non-hydrogen) atoms. The zero-order valence-corrected chi connectivity index (χ0v) is 16.2. The van der Waals surface area contributed by atoms with Crippen LogP contribution in [0.4, 0.5) is 11.6 Å². The third-order valence-corrected chi connectivity index (χ3v) is 4.22. The Hall–Kier alpha value is -3.32. The number of nitrogens with zero attached hydrogens (tertiary/aromatic N) is 2. The maximum Gasteiger partial charge on any atom is 0.270 e. The Bertz CT molecular complexity index is 981. The summed E-state index contributed by atoms with van der Waals surface area (Å²) in [7, 11) is 3.14. The van der Waals surface area contributed by atoms with Gasteiger partial charge in [0.15, 0.2) is 0 Å². The molecular weight excluding hydrogens is 380 g/mol. The third kappa shape index (κ3) is 4.69. The van der Waals surface area contributed by atoms with E-state index in [-0.39, 0.29) is 17.5 Å². The summed E-state index contributed by atoms with van der Waals surface area (Å²) in [5.41, 5.74) is 1.79. The van der Waals surface area contributed by atoms with Crippen molar-refractivity contribution in [3.05, 3.63) is 71.0 Å². The minimum atomic E-state index is -0.316. The van der Waals surface area contributed by atoms with Crippen molar-refractivity contribution >= 4 is 29.1 Å². The number of carbonyl (C=O) groups excluding carboxylic acids is 1. The second-order valence-corrected chi connectivity index (χ2v) is 6.14. The summed E-state index contributed by atoms with van der Waals surface area (Å²) in [6.07, 6.45) is 1.51. The number of nitrogens with one attached hydrogen (secondary N) is 2. The molecule has 0 aliphatic rings. The van der Waals surface area contributed by atoms with Gasteiger partial charge >= 0.3 is 0 Å². The molecule has 1 heterocycles. The molecule has 0 unspecified atom stereocenters. The van der Waals surface area contributed by atoms with Gasteiger partial charge in [-0.25, -0.2) is 9.97 Å². The molecule has 144 valence electrons. The van der Waals surface area contributed by atoms with Crippen molar-refractivity contribution in [2.75, 3.05) is 19.5 Å². The molecule has 1 aromatic heterocycles. The lowest BCUT2D eigenvalue weighted by Gasteiger charge is -2.10. The molecule has 0 aliphatic carbocycles. The molecule has 0 saturated heterocycles. The summed E-state index contributed by atoms with van der Waals surface area (Å²) < 4.78 is 10.4. The van der Waals surface area contributed by atoms with E-state index in [9.17, 15) is 4.79 Å². The van der Waals surface area contributed by atoms with Crippen LogP contribution in [0.15, 0.2) is 54.7 Å². The van der Waals surface area contributed by atoms with Crippen molar-refractivity contribution in [1.29, 1.82) is 0 Å². The predicted molar refractivity (Wildman–Crippen MR) is 107 cm³/mol. The Kier molecular flexibility index (Phi) is 6.29. The molecule has 3 aromatic rings. The largest absolute Gasteiger partial charge is 0.496 e. The van der Waals surface area contributed by atoms with Crippen LogP contribution in [0.25, 0.3) is 0 Å². The number of benzene rings is 2. The van der Waals surface area contributed by atoms with E-state index >= 15 is 0 Å². The van der Waals surface area contributed by atoms with Gasteiger partial charge in [-0.2, -0.15) is 0 Å². The molecule has 0 saturated carbocycles. The van der Waals surface area contributed by atoms with E-state index in [1.54, 1.807) is 38.5 Å². The Morgan fingerprint density at radius 1 is 1.07 bits per heavy atom. The second kappa shape index (κ2) is 9.05. The quantitative estimate of drug-likeness (QED) is 0.629. The lowest BCUT2D eigenvalue weighted by atomic mass is 10.2. The highest BCUT2D eigenvalue weighted by Crippen LogP contribution is 2.28. The van der Waals surface area contributed by atoms with E-state index < -0.39 is 0 Å². The van der Waals surface area contributed by atoms with Crippen LogP contribution in [-0.4, -0.2) is 30.1 Å². The Labute approximate surface area is 167 Å². The molecule has 0 aliphatic heterocycles. The molecule has 0 radical (unpaired) electrons. The summed E-state index contributed by atoms with van der Waals surface area (Å²) in [4.78, 5) is 20.8. The maximum absolute atomic E-state index is 12.5. The topological polar surface area (TPSA) is 85.4 Å². The van der Waals surface area contributed by atoms with Crippen LogP contribution in [0.3, 0.4) is 0 Å². The number of methoxy groups -OCH3 is 2. The van der Waals surface area contributed by atoms with E-state index in [4.69, 9.17) is 21.1 Å². The van der Waals surface area contributed by atoms with Crippen LogP contribution in [0.2, 0.25) is 5.02 Å². The highest BCUT2D eigenvalue weighted by molar-refractivity contribution is 6.32. The Balaban J connectivity index is 1.68. The highest BCUT2D eigenvalue weighted by atomic mass is 35.5. The zero-order valence-electron chi connectivity index (χ0n) is 15.4. The van der Waals surface area contributed by atoms with Gasteiger partial charge in [0.05, 0.1) is 19.2 Å². The zero-order chi connectivity index (χ0) is 19.9. The van der Waals surface area contributed by atoms with Gasteiger partial charge in [0, 0.05) is 24.0 Å². The van der Waals surface area contributed by atoms with Gasteiger partial charge in [-0.05, 0) is 30.3 Å². The third-order valence-electron chi connectivity index (χ3n) is 3.93. The van der Waals surface area contributed by atoms with Crippen LogP contribution >= 0.6 is 11.6 Å². The van der Waals surface area contributed by atoms with Gasteiger partial charge in [0.1, 0.15) is 17.2 Å². The molecule has 0 spiro atoms. The average molecular weight is 399 g/mol. The molecule has 0 bridgehead atoms. The summed E-state index contributed by atoms with van der Waals surface area (Å²) in [5.74, 6) is 1.25. The predicted octanol–water partition coefficient (Wildman–Crippen LogP) is 3.82. The number of anilines is 2. The average Bonchev–Trinajstić information content (AvgIpc) is 2.72. The van der Waals surface area contributed by atoms with Crippen molar-refractivity contribution in [2.45, 2.75) is 6.54 Å². The highest BCUT2D eigenvalue weighted by Gasteiger charge is 2.11. The first-order valence-electron chi connectivity index (χ1n) is 8.44. The van der Waals surface area contributed by atoms with E-state index in [1.165, 1.54) is 6.20 Å². The number of ether oxygens (including phenoxy) is 2. The molecule has 1 amide bonds. The molecule has 3 rings (SSSR count). The first-order chi connectivity index (χ1) is 13.6. The number of carbonyl (C=O) groups is 1. The number of aromatic nitrogens is 2. The number of rotatable bonds is 7. The van der Waals surface area contributed by atoms with Crippen LogP contribution in [0.1, 0.15) is 16.1 Å². The van der Waals surface area contributed by atoms with Crippen LogP contribution < -0.4 is 20.1 Å². The van der Waals surface area contributed by atoms with Gasteiger partial charge in [0.25, 0.3) is 5.91 Å². The summed E-state index contributed by atoms with van der Waals surface area (Å²) in [6, 6.07) is 14.2. The molecule has 0 fully saturated rings. The summed E-state index contributed by atoms with van der Waals surface area (Å²) >= 11 is 6.12. The molecule has 8 heteroatoms. The van der Waals surface area contributed by atoms with Gasteiger partial charge in [-0.1, -0.05) is 29.8 Å². The Morgan fingerprint density at radius 2 is 1.86 bits per heavy atom. The number of amides is 1. The maximum atomic E-state index is 12.5. The van der Waals surface area contributed by atoms with Crippen molar-refractivity contribution in [2.24, 2.45) is 0 Å². The fraction of sp³-hybridized carbons (Fsp3) is 0.150. The number of halogens is 1. The second-order valence-electron chi connectivity index (χ2n) is 5.73. The van der Waals surface area contributed by atoms with Crippen LogP contribution in [0, 0.1) is 0 Å². The standard InChI is InChI=1S/C20H19ClN4O3/c1-27-17-6-4-3-5-13(17)12-23-19(26)16-9-10-22-20(25-16)24-14-7-8-18(28-2)15(21)11-14/h3-11H,12H2,1-2H3,(H,23,26)(H,22,24,25). The van der Waals surface area contributed by atoms with E-state index in [0.717, 1.165) is 5.56 Å². The van der Waals surface area contributed by atoms with Crippen LogP contribution in [-0.2, 0) is 6.54 Å². The summed E-state index contributed by atoms with van der Waals surface area (Å²) in [6.45, 7) is 0.323. The first-order valence-corrected chi connectivity index (χ1v) is 8.82. The number of hydrogen-bond donors (Lipinski definition) is 2. The van der Waals surface area contributed by atoms with E-state index in [1.807, 2.05) is 24.3 Å². The number of para-hydroxylation sites is 1. The normalized spacial score (nSPS) is 10.2. The minimum Gasteiger partial charge on any atom is -0.496 e. The molecular formula is C20H19ClN4O3. The molecule has 0 atom stereocenters. The van der Waals surface area contributed by atoms with E-state index in [0.29, 0.717) is 28.8 Å². The van der Waals surface area contributed by atoms with Crippen molar-refractivity contribution in [3.63, 3.8) is 0 Å². The smallest absolute Gasteiger partial charge is 0.270 e. The lowest BCUT2D eigenvalue weighted by Crippen LogP contribution is -2.24. The molecule has 2 N–H and O–H groups in total. The molecule has 7 nitrogen and oxygen atoms in total. The van der Waals surface area contributed by atoms with Gasteiger partial charge in [-0.15, -0.1) is 0 Å². The summed E-state index contributed by atoms with van der Waals surface area (Å²) in [5, 5.41) is 6.31. The number of hydrogen-bond acceptors (Lipinski definition) is 6. The van der Waals surface area contributed by atoms with Crippen molar-refractivity contribution < 1.29 is 14.3 Å². The van der Waals surface area contributed by atoms with Gasteiger partial charge in [0.2, 0.25) is 5.95 Å². The SMILES string of the molecule is COc1ccc(Nc2nccc(C(=O)NCc3ccccc3OC)n2)cc1Cl. The monoisotopic (exact) mass is 398 g/mol. The first kappa shape index (κ1) is 19.4. The van der Waals surface area contributed by atoms with Gasteiger partial charge < -0.3 is 20.1 Å². The Morgan fingerprint density at radius 3 is 2.61 bits per heavy atom. The fourth-order valence-electron chi connectivity index (χ4n) is 2.53. The fourth-order valence-corrected chi connectivity index (χ4v) is 2.79. The van der Waals surface area contributed by atoms with Crippen molar-refractivity contribution in [3.8, 4) is 11.5 Å². The minimum absolute atomic E-state index is 0.243. The lowest BCUT2D eigenvalue weighted by molar-refractivity contribution is 0.0945. The molecule has 2 aromatic carbocycles. The van der Waals surface area contributed by atoms with E-state index in [2.05, 4.69) is 20.6 Å². The van der Waals surface area contributed by atoms with Gasteiger partial charge in [-0.3, -0.25) is 4.79 Å². The van der Waals surface area contributed by atoms with Crippen LogP contribution in [0.5, 0.6) is 11.5 Å².